The molecule has 3 aliphatic heterocycles. The summed E-state index contributed by atoms with van der Waals surface area (Å²) in [4.78, 5) is 82.8. The van der Waals surface area contributed by atoms with Crippen molar-refractivity contribution in [2.24, 2.45) is 5.92 Å². The van der Waals surface area contributed by atoms with E-state index in [1.165, 1.54) is 41.3 Å². The fourth-order valence-corrected chi connectivity index (χ4v) is 11.0. The minimum atomic E-state index is -4.67. The first-order chi connectivity index (χ1) is 30.1. The zero-order chi connectivity index (χ0) is 46.4. The fourth-order valence-electron chi connectivity index (χ4n) is 8.01. The third kappa shape index (κ3) is 9.91. The number of halogens is 1. The number of hydrogen-bond acceptors (Lipinski definition) is 13. The normalized spacial score (nSPS) is 25.4. The van der Waals surface area contributed by atoms with E-state index in [0.717, 1.165) is 21.3 Å². The number of nitrogens with one attached hydrogen (secondary N) is 3. The van der Waals surface area contributed by atoms with Crippen molar-refractivity contribution in [2.75, 3.05) is 19.6 Å². The van der Waals surface area contributed by atoms with Crippen molar-refractivity contribution >= 4 is 55.6 Å². The van der Waals surface area contributed by atoms with Crippen LogP contribution in [0.2, 0.25) is 0 Å². The average molecular weight is 930 g/mol. The second-order valence-corrected chi connectivity index (χ2v) is 21.2. The van der Waals surface area contributed by atoms with E-state index in [2.05, 4.69) is 21.1 Å². The van der Waals surface area contributed by atoms with Crippen LogP contribution >= 0.6 is 0 Å². The number of para-hydroxylation sites is 1. The fraction of sp³-hybridized carbons (Fsp3) is 0.512. The molecule has 3 heterocycles. The van der Waals surface area contributed by atoms with Crippen molar-refractivity contribution in [3.8, 4) is 0 Å². The largest absolute Gasteiger partial charge is 0.444 e. The second-order valence-electron chi connectivity index (χ2n) is 17.4. The summed E-state index contributed by atoms with van der Waals surface area (Å²) in [5.74, 6) is -4.23. The Kier molecular flexibility index (Phi) is 12.7. The second kappa shape index (κ2) is 17.6. The first kappa shape index (κ1) is 46.1. The number of carbonyl (C=O) groups excluding carboxylic acids is 5. The van der Waals surface area contributed by atoms with Crippen molar-refractivity contribution in [3.63, 3.8) is 0 Å². The number of amides is 5. The van der Waals surface area contributed by atoms with Gasteiger partial charge in [0.25, 0.3) is 11.6 Å². The van der Waals surface area contributed by atoms with Gasteiger partial charge in [0.05, 0.1) is 23.3 Å². The molecule has 23 heteroatoms. The van der Waals surface area contributed by atoms with Crippen LogP contribution in [0.5, 0.6) is 0 Å². The Balaban J connectivity index is 1.25. The molecule has 0 unspecified atom stereocenters. The zero-order valence-electron chi connectivity index (χ0n) is 35.2. The zero-order valence-corrected chi connectivity index (χ0v) is 36.8. The number of hydrogen-bond donors (Lipinski definition) is 3. The molecule has 0 radical (unpaired) electrons. The molecule has 7 rings (SSSR count). The van der Waals surface area contributed by atoms with E-state index in [1.807, 2.05) is 0 Å². The number of rotatable bonds is 8. The Labute approximate surface area is 368 Å². The van der Waals surface area contributed by atoms with Gasteiger partial charge in [-0.15, -0.1) is 5.73 Å². The van der Waals surface area contributed by atoms with Crippen LogP contribution in [0.3, 0.4) is 0 Å². The molecule has 3 fully saturated rings. The summed E-state index contributed by atoms with van der Waals surface area (Å²) >= 11 is 0. The molecule has 2 aliphatic carbocycles. The first-order valence-electron chi connectivity index (χ1n) is 20.6. The number of nitrogens with zero attached hydrogens (tertiary/aromatic N) is 4. The molecule has 5 amide bonds. The van der Waals surface area contributed by atoms with Crippen molar-refractivity contribution in [3.05, 3.63) is 87.4 Å². The van der Waals surface area contributed by atoms with Crippen molar-refractivity contribution in [1.82, 2.24) is 29.5 Å². The Morgan fingerprint density at radius 3 is 2.44 bits per heavy atom. The standard InChI is InChI=1S/C41H48FN7O13S2/c1-40(2,3)62-38(53)43-31-17-19-47(64(59,60)34-14-7-6-13-32(34)49(55)56)18-8-4-5-11-26-21-41(26,37(52)45-63(57,58)28-15-16-28)44-35(50)33-20-27(23-48(33)36(31)51)61-39(54)46-22-25-10-9-12-30(42)29(25)24-46/h4,6-7,9-14,26-28,31,33H,8,15-24H2,1-3H3,(H,43,53)(H,44,50)(H,45,52)/t5?,26-,27-,31+,33+,41-/m1/s1. The maximum Gasteiger partial charge on any atom is 0.410 e. The first-order valence-corrected chi connectivity index (χ1v) is 23.6. The lowest BCUT2D eigenvalue weighted by molar-refractivity contribution is -0.387. The SMILES string of the molecule is CC(C)(C)OC(=O)N[C@H]1CCN(S(=O)(=O)c2ccccc2[N+](=O)[O-])CCC=C=C[C@@H]2C[C@@]2(C(=O)NS(=O)(=O)C2CC2)NC(=O)[C@@H]2C[C@@H](OC(=O)N3Cc4cccc(F)c4C3)CN2C1=O. The molecule has 0 spiro atoms. The van der Waals surface area contributed by atoms with Crippen LogP contribution in [-0.2, 0) is 57.0 Å². The third-order valence-corrected chi connectivity index (χ3v) is 15.3. The molecule has 0 bridgehead atoms. The highest BCUT2D eigenvalue weighted by Gasteiger charge is 2.62. The van der Waals surface area contributed by atoms with Gasteiger partial charge in [-0.3, -0.25) is 34.1 Å². The van der Waals surface area contributed by atoms with Gasteiger partial charge in [0, 0.05) is 43.6 Å². The van der Waals surface area contributed by atoms with E-state index in [1.54, 1.807) is 26.8 Å². The van der Waals surface area contributed by atoms with Gasteiger partial charge in [0.15, 0.2) is 4.90 Å². The number of benzene rings is 2. The van der Waals surface area contributed by atoms with E-state index < -0.39 is 131 Å². The number of ether oxygens (including phenoxy) is 2. The highest BCUT2D eigenvalue weighted by atomic mass is 32.2. The van der Waals surface area contributed by atoms with E-state index in [4.69, 9.17) is 9.47 Å². The van der Waals surface area contributed by atoms with Gasteiger partial charge in [0.1, 0.15) is 35.1 Å². The summed E-state index contributed by atoms with van der Waals surface area (Å²) in [6.07, 6.45) is -0.532. The lowest BCUT2D eigenvalue weighted by Crippen LogP contribution is -2.58. The molecule has 5 aliphatic rings. The van der Waals surface area contributed by atoms with Crippen LogP contribution in [0.25, 0.3) is 0 Å². The predicted molar refractivity (Wildman–Crippen MR) is 222 cm³/mol. The lowest BCUT2D eigenvalue weighted by Gasteiger charge is -2.31. The summed E-state index contributed by atoms with van der Waals surface area (Å²) in [6.45, 7) is 3.37. The average Bonchev–Trinajstić information content (AvgIpc) is 4.10. The summed E-state index contributed by atoms with van der Waals surface area (Å²) in [6, 6.07) is 5.99. The number of sulfonamides is 2. The third-order valence-electron chi connectivity index (χ3n) is 11.5. The molecule has 3 N–H and O–H groups in total. The van der Waals surface area contributed by atoms with Crippen molar-refractivity contribution in [2.45, 2.75) is 112 Å². The summed E-state index contributed by atoms with van der Waals surface area (Å²) in [7, 11) is -8.77. The van der Waals surface area contributed by atoms with Crippen molar-refractivity contribution < 1.29 is 59.6 Å². The van der Waals surface area contributed by atoms with Gasteiger partial charge in [-0.2, -0.15) is 4.31 Å². The van der Waals surface area contributed by atoms with Gasteiger partial charge >= 0.3 is 12.2 Å². The number of carbonyl (C=O) groups is 5. The lowest BCUT2D eigenvalue weighted by atomic mass is 10.1. The molecular weight excluding hydrogens is 882 g/mol. The number of fused-ring (bicyclic) bond motifs is 3. The molecule has 2 saturated carbocycles. The summed E-state index contributed by atoms with van der Waals surface area (Å²) < 4.78 is 83.1. The number of nitro benzene ring substituents is 1. The minimum Gasteiger partial charge on any atom is -0.444 e. The molecule has 20 nitrogen and oxygen atoms in total. The quantitative estimate of drug-likeness (QED) is 0.196. The van der Waals surface area contributed by atoms with Crippen LogP contribution in [0.1, 0.15) is 70.4 Å². The van der Waals surface area contributed by atoms with Gasteiger partial charge < -0.3 is 25.0 Å². The highest BCUT2D eigenvalue weighted by Crippen LogP contribution is 2.46. The molecule has 2 aromatic rings. The van der Waals surface area contributed by atoms with E-state index in [9.17, 15) is 55.3 Å². The van der Waals surface area contributed by atoms with Gasteiger partial charge in [-0.1, -0.05) is 24.3 Å². The summed E-state index contributed by atoms with van der Waals surface area (Å²) in [5, 5.41) is 16.3. The van der Waals surface area contributed by atoms with Gasteiger partial charge in [0.2, 0.25) is 31.9 Å². The molecule has 1 saturated heterocycles. The molecule has 5 atom stereocenters. The Morgan fingerprint density at radius 2 is 1.75 bits per heavy atom. The smallest absolute Gasteiger partial charge is 0.410 e. The van der Waals surface area contributed by atoms with E-state index in [-0.39, 0.29) is 38.9 Å². The van der Waals surface area contributed by atoms with Crippen LogP contribution in [-0.4, -0.2) is 120 Å². The maximum absolute atomic E-state index is 14.8. The van der Waals surface area contributed by atoms with Gasteiger partial charge in [-0.25, -0.2) is 30.8 Å². The summed E-state index contributed by atoms with van der Waals surface area (Å²) in [5.41, 5.74) is 0.143. The van der Waals surface area contributed by atoms with Crippen LogP contribution in [0, 0.1) is 21.8 Å². The molecule has 64 heavy (non-hydrogen) atoms. The van der Waals surface area contributed by atoms with E-state index in [0.29, 0.717) is 24.0 Å². The number of nitro groups is 1. The molecule has 0 aromatic heterocycles. The molecular formula is C41H48FN7O13S2. The monoisotopic (exact) mass is 929 g/mol. The minimum absolute atomic E-state index is 0.0172. The topological polar surface area (TPSA) is 261 Å². The van der Waals surface area contributed by atoms with Crippen LogP contribution in [0.4, 0.5) is 19.7 Å². The predicted octanol–water partition coefficient (Wildman–Crippen LogP) is 2.73. The molecule has 2 aromatic carbocycles. The van der Waals surface area contributed by atoms with Gasteiger partial charge in [-0.05, 0) is 82.7 Å². The Morgan fingerprint density at radius 1 is 1.02 bits per heavy atom. The maximum atomic E-state index is 14.8. The van der Waals surface area contributed by atoms with Crippen molar-refractivity contribution in [1.29, 1.82) is 0 Å². The van der Waals surface area contributed by atoms with E-state index >= 15 is 0 Å². The highest BCUT2D eigenvalue weighted by molar-refractivity contribution is 7.91. The molecule has 344 valence electrons. The number of alkyl carbamates (subject to hydrolysis) is 1. The van der Waals surface area contributed by atoms with Crippen LogP contribution < -0.4 is 15.4 Å². The Hall–Kier alpha value is -5.90. The van der Waals surface area contributed by atoms with Crippen LogP contribution in [0.15, 0.2) is 65.2 Å². The Bertz CT molecular complexity index is 2560.